The first-order valence-electron chi connectivity index (χ1n) is 5.26. The molecule has 0 bridgehead atoms. The Balaban J connectivity index is 2.99. The van der Waals surface area contributed by atoms with Crippen molar-refractivity contribution in [3.05, 3.63) is 28.2 Å². The van der Waals surface area contributed by atoms with Gasteiger partial charge in [-0.2, -0.15) is 0 Å². The van der Waals surface area contributed by atoms with Gasteiger partial charge in [-0.05, 0) is 26.0 Å². The predicted octanol–water partition coefficient (Wildman–Crippen LogP) is 2.11. The van der Waals surface area contributed by atoms with E-state index in [4.69, 9.17) is 5.73 Å². The first-order valence-corrected chi connectivity index (χ1v) is 6.05. The van der Waals surface area contributed by atoms with Gasteiger partial charge in [0.15, 0.2) is 0 Å². The minimum Gasteiger partial charge on any atom is -0.389 e. The van der Waals surface area contributed by atoms with E-state index in [-0.39, 0.29) is 0 Å². The summed E-state index contributed by atoms with van der Waals surface area (Å²) in [7, 11) is 1.96. The largest absolute Gasteiger partial charge is 0.389 e. The first-order chi connectivity index (χ1) is 7.35. The van der Waals surface area contributed by atoms with Crippen molar-refractivity contribution in [1.29, 1.82) is 0 Å². The van der Waals surface area contributed by atoms with Crippen LogP contribution < -0.4 is 10.6 Å². The maximum absolute atomic E-state index is 9.80. The van der Waals surface area contributed by atoms with Gasteiger partial charge >= 0.3 is 0 Å². The monoisotopic (exact) mass is 286 g/mol. The molecule has 0 aromatic heterocycles. The van der Waals surface area contributed by atoms with Gasteiger partial charge in [0.2, 0.25) is 0 Å². The maximum atomic E-state index is 9.80. The minimum absolute atomic E-state index is 0.479. The Morgan fingerprint density at radius 3 is 2.56 bits per heavy atom. The van der Waals surface area contributed by atoms with Gasteiger partial charge in [0.05, 0.1) is 5.60 Å². The van der Waals surface area contributed by atoms with Gasteiger partial charge in [-0.3, -0.25) is 0 Å². The van der Waals surface area contributed by atoms with E-state index in [1.54, 1.807) is 13.8 Å². The highest BCUT2D eigenvalue weighted by atomic mass is 79.9. The first kappa shape index (κ1) is 13.5. The Labute approximate surface area is 105 Å². The van der Waals surface area contributed by atoms with Crippen LogP contribution in [-0.4, -0.2) is 24.3 Å². The molecular formula is C12H19BrN2O. The molecule has 0 heterocycles. The molecule has 90 valence electrons. The average molecular weight is 287 g/mol. The third kappa shape index (κ3) is 3.47. The van der Waals surface area contributed by atoms with Crippen LogP contribution in [0.3, 0.4) is 0 Å². The molecule has 4 heteroatoms. The summed E-state index contributed by atoms with van der Waals surface area (Å²) in [6.07, 6.45) is 0. The summed E-state index contributed by atoms with van der Waals surface area (Å²) in [5, 5.41) is 9.80. The zero-order chi connectivity index (χ0) is 12.3. The lowest BCUT2D eigenvalue weighted by molar-refractivity contribution is 0.0886. The summed E-state index contributed by atoms with van der Waals surface area (Å²) >= 11 is 3.49. The van der Waals surface area contributed by atoms with Crippen LogP contribution in [0.5, 0.6) is 0 Å². The summed E-state index contributed by atoms with van der Waals surface area (Å²) in [6, 6.07) is 5.96. The highest BCUT2D eigenvalue weighted by Gasteiger charge is 2.18. The minimum atomic E-state index is -0.719. The van der Waals surface area contributed by atoms with Crippen molar-refractivity contribution in [2.24, 2.45) is 5.73 Å². The number of hydrogen-bond acceptors (Lipinski definition) is 3. The molecule has 0 unspecified atom stereocenters. The number of hydrogen-bond donors (Lipinski definition) is 2. The van der Waals surface area contributed by atoms with Crippen LogP contribution in [0, 0.1) is 0 Å². The summed E-state index contributed by atoms with van der Waals surface area (Å²) in [6.45, 7) is 4.64. The lowest BCUT2D eigenvalue weighted by atomic mass is 10.1. The van der Waals surface area contributed by atoms with Crippen molar-refractivity contribution in [3.63, 3.8) is 0 Å². The summed E-state index contributed by atoms with van der Waals surface area (Å²) in [4.78, 5) is 2.02. The molecular weight excluding hydrogens is 268 g/mol. The molecule has 0 saturated carbocycles. The number of halogens is 1. The van der Waals surface area contributed by atoms with Crippen LogP contribution >= 0.6 is 15.9 Å². The number of benzene rings is 1. The van der Waals surface area contributed by atoms with E-state index < -0.39 is 5.60 Å². The fourth-order valence-electron chi connectivity index (χ4n) is 1.77. The topological polar surface area (TPSA) is 49.5 Å². The van der Waals surface area contributed by atoms with E-state index in [0.717, 1.165) is 15.7 Å². The predicted molar refractivity (Wildman–Crippen MR) is 71.6 cm³/mol. The van der Waals surface area contributed by atoms with Crippen molar-refractivity contribution >= 4 is 21.6 Å². The van der Waals surface area contributed by atoms with Crippen LogP contribution in [-0.2, 0) is 6.54 Å². The molecule has 0 spiro atoms. The summed E-state index contributed by atoms with van der Waals surface area (Å²) in [5.74, 6) is 0. The van der Waals surface area contributed by atoms with Crippen molar-refractivity contribution in [1.82, 2.24) is 0 Å². The number of aliphatic hydroxyl groups is 1. The molecule has 0 atom stereocenters. The molecule has 0 aliphatic rings. The molecule has 0 amide bonds. The number of nitrogens with two attached hydrogens (primary N) is 1. The smallest absolute Gasteiger partial charge is 0.0765 e. The third-order valence-corrected chi connectivity index (χ3v) is 3.08. The lowest BCUT2D eigenvalue weighted by Crippen LogP contribution is -2.36. The van der Waals surface area contributed by atoms with Gasteiger partial charge < -0.3 is 15.7 Å². The number of rotatable bonds is 4. The molecule has 0 fully saturated rings. The van der Waals surface area contributed by atoms with E-state index in [1.807, 2.05) is 30.1 Å². The standard InChI is InChI=1S/C12H19BrN2O/c1-12(2,16)8-15(3)11-6-4-5-10(13)9(11)7-14/h4-6,16H,7-8,14H2,1-3H3. The van der Waals surface area contributed by atoms with Crippen molar-refractivity contribution in [2.45, 2.75) is 26.0 Å². The fourth-order valence-corrected chi connectivity index (χ4v) is 2.29. The zero-order valence-corrected chi connectivity index (χ0v) is 11.6. The molecule has 1 aromatic rings. The molecule has 0 radical (unpaired) electrons. The van der Waals surface area contributed by atoms with Gasteiger partial charge in [0, 0.05) is 35.9 Å². The second-order valence-electron chi connectivity index (χ2n) is 4.61. The SMILES string of the molecule is CN(CC(C)(C)O)c1cccc(Br)c1CN. The zero-order valence-electron chi connectivity index (χ0n) is 10.00. The fraction of sp³-hybridized carbons (Fsp3) is 0.500. The molecule has 16 heavy (non-hydrogen) atoms. The Hall–Kier alpha value is -0.580. The Kier molecular flexibility index (Phi) is 4.35. The average Bonchev–Trinajstić information content (AvgIpc) is 2.14. The highest BCUT2D eigenvalue weighted by Crippen LogP contribution is 2.27. The van der Waals surface area contributed by atoms with Gasteiger partial charge in [-0.1, -0.05) is 22.0 Å². The second-order valence-corrected chi connectivity index (χ2v) is 5.46. The molecule has 0 aliphatic carbocycles. The molecule has 0 aliphatic heterocycles. The van der Waals surface area contributed by atoms with Crippen LogP contribution in [0.2, 0.25) is 0 Å². The Bertz CT molecular complexity index is 361. The molecule has 1 aromatic carbocycles. The van der Waals surface area contributed by atoms with Gasteiger partial charge in [-0.15, -0.1) is 0 Å². The molecule has 3 nitrogen and oxygen atoms in total. The van der Waals surface area contributed by atoms with E-state index in [1.165, 1.54) is 0 Å². The molecule has 3 N–H and O–H groups in total. The quantitative estimate of drug-likeness (QED) is 0.891. The van der Waals surface area contributed by atoms with Gasteiger partial charge in [0.25, 0.3) is 0 Å². The number of likely N-dealkylation sites (N-methyl/N-ethyl adjacent to an activating group) is 1. The van der Waals surface area contributed by atoms with Crippen LogP contribution in [0.25, 0.3) is 0 Å². The number of nitrogens with zero attached hydrogens (tertiary/aromatic N) is 1. The third-order valence-electron chi connectivity index (χ3n) is 2.33. The molecule has 0 saturated heterocycles. The summed E-state index contributed by atoms with van der Waals surface area (Å²) in [5.41, 5.74) is 7.13. The second kappa shape index (κ2) is 5.17. The summed E-state index contributed by atoms with van der Waals surface area (Å²) < 4.78 is 1.01. The van der Waals surface area contributed by atoms with Crippen LogP contribution in [0.4, 0.5) is 5.69 Å². The lowest BCUT2D eigenvalue weighted by Gasteiger charge is -2.29. The van der Waals surface area contributed by atoms with Crippen molar-refractivity contribution in [2.75, 3.05) is 18.5 Å². The van der Waals surface area contributed by atoms with Crippen molar-refractivity contribution < 1.29 is 5.11 Å². The highest BCUT2D eigenvalue weighted by molar-refractivity contribution is 9.10. The molecule has 1 rings (SSSR count). The van der Waals surface area contributed by atoms with E-state index in [2.05, 4.69) is 15.9 Å². The van der Waals surface area contributed by atoms with Crippen molar-refractivity contribution in [3.8, 4) is 0 Å². The van der Waals surface area contributed by atoms with Crippen LogP contribution in [0.15, 0.2) is 22.7 Å². The Morgan fingerprint density at radius 1 is 1.44 bits per heavy atom. The van der Waals surface area contributed by atoms with E-state index in [9.17, 15) is 5.11 Å². The van der Waals surface area contributed by atoms with E-state index in [0.29, 0.717) is 13.1 Å². The van der Waals surface area contributed by atoms with E-state index >= 15 is 0 Å². The van der Waals surface area contributed by atoms with Crippen LogP contribution in [0.1, 0.15) is 19.4 Å². The Morgan fingerprint density at radius 2 is 2.06 bits per heavy atom. The number of anilines is 1. The normalized spacial score (nSPS) is 11.6. The van der Waals surface area contributed by atoms with Gasteiger partial charge in [0.1, 0.15) is 0 Å². The maximum Gasteiger partial charge on any atom is 0.0765 e. The van der Waals surface area contributed by atoms with Gasteiger partial charge in [-0.25, -0.2) is 0 Å².